The summed E-state index contributed by atoms with van der Waals surface area (Å²) in [4.78, 5) is 24.6. The summed E-state index contributed by atoms with van der Waals surface area (Å²) in [7, 11) is 0. The van der Waals surface area contributed by atoms with E-state index in [1.165, 1.54) is 0 Å². The average molecular weight is 262 g/mol. The maximum absolute atomic E-state index is 12.1. The Morgan fingerprint density at radius 3 is 2.26 bits per heavy atom. The van der Waals surface area contributed by atoms with E-state index >= 15 is 0 Å². The molecule has 1 aromatic carbocycles. The minimum atomic E-state index is -0.921. The Bertz CT molecular complexity index is 486. The van der Waals surface area contributed by atoms with Gasteiger partial charge in [-0.2, -0.15) is 0 Å². The van der Waals surface area contributed by atoms with Crippen molar-refractivity contribution < 1.29 is 14.7 Å². The van der Waals surface area contributed by atoms with Crippen molar-refractivity contribution in [3.8, 4) is 0 Å². The number of carbonyl (C=O) groups excluding carboxylic acids is 1. The first-order valence-electron chi connectivity index (χ1n) is 6.23. The molecule has 19 heavy (non-hydrogen) atoms. The van der Waals surface area contributed by atoms with Gasteiger partial charge in [0.25, 0.3) is 0 Å². The maximum Gasteiger partial charge on any atom is 0.318 e. The molecule has 2 N–H and O–H groups in total. The molecule has 0 bridgehead atoms. The van der Waals surface area contributed by atoms with Crippen LogP contribution in [0, 0.1) is 0 Å². The van der Waals surface area contributed by atoms with Crippen LogP contribution in [0.1, 0.15) is 31.4 Å². The predicted octanol–water partition coefficient (Wildman–Crippen LogP) is 1.97. The van der Waals surface area contributed by atoms with Crippen molar-refractivity contribution >= 4 is 12.0 Å². The molecule has 0 unspecified atom stereocenters. The van der Waals surface area contributed by atoms with Gasteiger partial charge in [-0.15, -0.1) is 0 Å². The number of carboxylic acid groups (broad SMARTS) is 1. The van der Waals surface area contributed by atoms with Crippen molar-refractivity contribution in [2.45, 2.75) is 38.9 Å². The van der Waals surface area contributed by atoms with E-state index < -0.39 is 11.5 Å². The van der Waals surface area contributed by atoms with Gasteiger partial charge in [0.15, 0.2) is 0 Å². The van der Waals surface area contributed by atoms with E-state index in [1.807, 2.05) is 24.3 Å². The average Bonchev–Trinajstić information content (AvgIpc) is 2.69. The molecule has 0 saturated heterocycles. The molecule has 0 radical (unpaired) electrons. The molecular weight excluding hydrogens is 244 g/mol. The molecule has 1 heterocycles. The van der Waals surface area contributed by atoms with Gasteiger partial charge in [0, 0.05) is 18.6 Å². The van der Waals surface area contributed by atoms with Crippen molar-refractivity contribution in [3.63, 3.8) is 0 Å². The standard InChI is InChI=1S/C14H18N2O3/c1-14(2,7-12(17)18)15-13(19)16-8-10-5-3-4-6-11(10)9-16/h3-6H,7-9H2,1-2H3,(H,15,19)(H,17,18). The fraction of sp³-hybridized carbons (Fsp3) is 0.429. The molecule has 1 aromatic rings. The summed E-state index contributed by atoms with van der Waals surface area (Å²) in [6.07, 6.45) is -0.0977. The summed E-state index contributed by atoms with van der Waals surface area (Å²) < 4.78 is 0. The molecule has 0 fully saturated rings. The zero-order chi connectivity index (χ0) is 14.0. The number of carboxylic acids is 1. The molecule has 0 spiro atoms. The highest BCUT2D eigenvalue weighted by Crippen LogP contribution is 2.22. The molecular formula is C14H18N2O3. The summed E-state index contributed by atoms with van der Waals surface area (Å²) >= 11 is 0. The topological polar surface area (TPSA) is 69.6 Å². The second-order valence-electron chi connectivity index (χ2n) is 5.51. The molecule has 2 amide bonds. The number of nitrogens with zero attached hydrogens (tertiary/aromatic N) is 1. The normalized spacial score (nSPS) is 14.1. The van der Waals surface area contributed by atoms with Crippen LogP contribution < -0.4 is 5.32 Å². The third kappa shape index (κ3) is 3.24. The second-order valence-corrected chi connectivity index (χ2v) is 5.51. The quantitative estimate of drug-likeness (QED) is 0.875. The van der Waals surface area contributed by atoms with Crippen LogP contribution in [0.5, 0.6) is 0 Å². The highest BCUT2D eigenvalue weighted by Gasteiger charge is 2.29. The number of hydrogen-bond acceptors (Lipinski definition) is 2. The summed E-state index contributed by atoms with van der Waals surface area (Å²) in [6.45, 7) is 4.57. The predicted molar refractivity (Wildman–Crippen MR) is 70.6 cm³/mol. The Balaban J connectivity index is 1.98. The number of nitrogens with one attached hydrogen (secondary N) is 1. The summed E-state index contributed by atoms with van der Waals surface area (Å²) in [5.74, 6) is -0.921. The first-order valence-corrected chi connectivity index (χ1v) is 6.23. The number of urea groups is 1. The van der Waals surface area contributed by atoms with Crippen molar-refractivity contribution in [1.82, 2.24) is 10.2 Å². The number of benzene rings is 1. The Morgan fingerprint density at radius 1 is 1.26 bits per heavy atom. The van der Waals surface area contributed by atoms with E-state index in [0.29, 0.717) is 13.1 Å². The third-order valence-electron chi connectivity index (χ3n) is 3.17. The lowest BCUT2D eigenvalue weighted by Crippen LogP contribution is -2.49. The van der Waals surface area contributed by atoms with Crippen LogP contribution >= 0.6 is 0 Å². The lowest BCUT2D eigenvalue weighted by Gasteiger charge is -2.27. The molecule has 1 aliphatic heterocycles. The first kappa shape index (κ1) is 13.4. The van der Waals surface area contributed by atoms with Gasteiger partial charge in [0.2, 0.25) is 0 Å². The Morgan fingerprint density at radius 2 is 1.79 bits per heavy atom. The first-order chi connectivity index (χ1) is 8.87. The van der Waals surface area contributed by atoms with E-state index in [9.17, 15) is 9.59 Å². The van der Waals surface area contributed by atoms with E-state index in [-0.39, 0.29) is 12.5 Å². The van der Waals surface area contributed by atoms with Crippen LogP contribution in [0.3, 0.4) is 0 Å². The minimum Gasteiger partial charge on any atom is -0.481 e. The van der Waals surface area contributed by atoms with Crippen LogP contribution in [0.15, 0.2) is 24.3 Å². The SMILES string of the molecule is CC(C)(CC(=O)O)NC(=O)N1Cc2ccccc2C1. The van der Waals surface area contributed by atoms with E-state index in [2.05, 4.69) is 5.32 Å². The van der Waals surface area contributed by atoms with Gasteiger partial charge in [0.05, 0.1) is 6.42 Å². The van der Waals surface area contributed by atoms with Gasteiger partial charge in [-0.25, -0.2) is 4.79 Å². The van der Waals surface area contributed by atoms with Crippen molar-refractivity contribution in [2.24, 2.45) is 0 Å². The number of aliphatic carboxylic acids is 1. The highest BCUT2D eigenvalue weighted by atomic mass is 16.4. The molecule has 5 nitrogen and oxygen atoms in total. The Kier molecular flexibility index (Phi) is 3.46. The Labute approximate surface area is 112 Å². The van der Waals surface area contributed by atoms with Gasteiger partial charge in [0.1, 0.15) is 0 Å². The van der Waals surface area contributed by atoms with Gasteiger partial charge >= 0.3 is 12.0 Å². The van der Waals surface area contributed by atoms with Gasteiger partial charge in [-0.1, -0.05) is 24.3 Å². The number of fused-ring (bicyclic) bond motifs is 1. The second kappa shape index (κ2) is 4.91. The van der Waals surface area contributed by atoms with Crippen molar-refractivity contribution in [3.05, 3.63) is 35.4 Å². The molecule has 0 atom stereocenters. The van der Waals surface area contributed by atoms with E-state index in [1.54, 1.807) is 18.7 Å². The molecule has 1 aliphatic rings. The van der Waals surface area contributed by atoms with Crippen molar-refractivity contribution in [2.75, 3.05) is 0 Å². The number of carbonyl (C=O) groups is 2. The van der Waals surface area contributed by atoms with Gasteiger partial charge in [-0.3, -0.25) is 4.79 Å². The van der Waals surface area contributed by atoms with Crippen LogP contribution in [0.25, 0.3) is 0 Å². The molecule has 2 rings (SSSR count). The van der Waals surface area contributed by atoms with Crippen LogP contribution in [-0.2, 0) is 17.9 Å². The number of hydrogen-bond donors (Lipinski definition) is 2. The zero-order valence-electron chi connectivity index (χ0n) is 11.1. The highest BCUT2D eigenvalue weighted by molar-refractivity contribution is 5.77. The molecule has 5 heteroatoms. The minimum absolute atomic E-state index is 0.0977. The molecule has 102 valence electrons. The lowest BCUT2D eigenvalue weighted by atomic mass is 10.0. The zero-order valence-corrected chi connectivity index (χ0v) is 11.1. The van der Waals surface area contributed by atoms with Crippen LogP contribution in [0.4, 0.5) is 4.79 Å². The molecule has 0 saturated carbocycles. The fourth-order valence-corrected chi connectivity index (χ4v) is 2.27. The van der Waals surface area contributed by atoms with E-state index in [0.717, 1.165) is 11.1 Å². The Hall–Kier alpha value is -2.04. The monoisotopic (exact) mass is 262 g/mol. The smallest absolute Gasteiger partial charge is 0.318 e. The number of rotatable bonds is 3. The van der Waals surface area contributed by atoms with Crippen molar-refractivity contribution in [1.29, 1.82) is 0 Å². The summed E-state index contributed by atoms with van der Waals surface area (Å²) in [5, 5.41) is 11.6. The molecule has 0 aliphatic carbocycles. The van der Waals surface area contributed by atoms with Gasteiger partial charge in [-0.05, 0) is 25.0 Å². The fourth-order valence-electron chi connectivity index (χ4n) is 2.27. The van der Waals surface area contributed by atoms with Gasteiger partial charge < -0.3 is 15.3 Å². The third-order valence-corrected chi connectivity index (χ3v) is 3.17. The largest absolute Gasteiger partial charge is 0.481 e. The summed E-state index contributed by atoms with van der Waals surface area (Å²) in [5.41, 5.74) is 1.54. The van der Waals surface area contributed by atoms with Crippen LogP contribution in [0.2, 0.25) is 0 Å². The van der Waals surface area contributed by atoms with Crippen LogP contribution in [-0.4, -0.2) is 27.5 Å². The lowest BCUT2D eigenvalue weighted by molar-refractivity contribution is -0.138. The maximum atomic E-state index is 12.1. The van der Waals surface area contributed by atoms with E-state index in [4.69, 9.17) is 5.11 Å². The summed E-state index contributed by atoms with van der Waals surface area (Å²) in [6, 6.07) is 7.70. The molecule has 0 aromatic heterocycles. The number of amides is 2.